The first kappa shape index (κ1) is 20.9. The summed E-state index contributed by atoms with van der Waals surface area (Å²) in [6.07, 6.45) is 7.83. The standard InChI is InChI=1S/C22H29BrFNO/c1-2-3-4-5-6-7-14-25-16-19-15-20(23)10-13-22(19)26-17-18-8-11-21(24)12-9-18/h8-13,15,25H,2-7,14,16-17H2,1H3. The van der Waals surface area contributed by atoms with Crippen LogP contribution in [0.1, 0.15) is 56.6 Å². The lowest BCUT2D eigenvalue weighted by Crippen LogP contribution is -2.15. The van der Waals surface area contributed by atoms with E-state index in [4.69, 9.17) is 4.74 Å². The van der Waals surface area contributed by atoms with Gasteiger partial charge in [-0.25, -0.2) is 4.39 Å². The maximum atomic E-state index is 13.0. The van der Waals surface area contributed by atoms with Crippen LogP contribution in [0.4, 0.5) is 4.39 Å². The highest BCUT2D eigenvalue weighted by atomic mass is 79.9. The molecule has 0 fully saturated rings. The number of ether oxygens (including phenoxy) is 1. The first-order chi connectivity index (χ1) is 12.7. The van der Waals surface area contributed by atoms with E-state index in [1.807, 2.05) is 12.1 Å². The van der Waals surface area contributed by atoms with Crippen LogP contribution >= 0.6 is 15.9 Å². The van der Waals surface area contributed by atoms with Crippen LogP contribution in [0.2, 0.25) is 0 Å². The highest BCUT2D eigenvalue weighted by Crippen LogP contribution is 2.24. The van der Waals surface area contributed by atoms with E-state index in [1.54, 1.807) is 12.1 Å². The number of halogens is 2. The third-order valence-electron chi connectivity index (χ3n) is 4.35. The molecule has 4 heteroatoms. The third-order valence-corrected chi connectivity index (χ3v) is 4.85. The van der Waals surface area contributed by atoms with E-state index in [1.165, 1.54) is 50.7 Å². The number of nitrogens with one attached hydrogen (secondary N) is 1. The molecule has 26 heavy (non-hydrogen) atoms. The van der Waals surface area contributed by atoms with Gasteiger partial charge in [-0.15, -0.1) is 0 Å². The van der Waals surface area contributed by atoms with Crippen molar-refractivity contribution in [1.82, 2.24) is 5.32 Å². The van der Waals surface area contributed by atoms with Gasteiger partial charge in [0.25, 0.3) is 0 Å². The predicted molar refractivity (Wildman–Crippen MR) is 110 cm³/mol. The van der Waals surface area contributed by atoms with Gasteiger partial charge in [-0.3, -0.25) is 0 Å². The maximum Gasteiger partial charge on any atom is 0.124 e. The molecule has 0 unspecified atom stereocenters. The number of benzene rings is 2. The van der Waals surface area contributed by atoms with Crippen LogP contribution in [0.15, 0.2) is 46.9 Å². The zero-order chi connectivity index (χ0) is 18.6. The zero-order valence-electron chi connectivity index (χ0n) is 15.6. The van der Waals surface area contributed by atoms with Gasteiger partial charge in [0, 0.05) is 16.6 Å². The Balaban J connectivity index is 1.78. The van der Waals surface area contributed by atoms with Gasteiger partial charge in [0.1, 0.15) is 18.2 Å². The normalized spacial score (nSPS) is 10.9. The molecule has 1 N–H and O–H groups in total. The van der Waals surface area contributed by atoms with E-state index in [9.17, 15) is 4.39 Å². The Morgan fingerprint density at radius 1 is 0.962 bits per heavy atom. The Bertz CT molecular complexity index is 645. The molecule has 0 aliphatic heterocycles. The third kappa shape index (κ3) is 7.88. The summed E-state index contributed by atoms with van der Waals surface area (Å²) in [6.45, 7) is 4.49. The van der Waals surface area contributed by atoms with Gasteiger partial charge in [-0.05, 0) is 48.9 Å². The molecule has 2 aromatic carbocycles. The lowest BCUT2D eigenvalue weighted by Gasteiger charge is -2.13. The molecule has 2 aromatic rings. The SMILES string of the molecule is CCCCCCCCNCc1cc(Br)ccc1OCc1ccc(F)cc1. The van der Waals surface area contributed by atoms with Crippen LogP contribution in [0, 0.1) is 5.82 Å². The van der Waals surface area contributed by atoms with E-state index in [2.05, 4.69) is 34.2 Å². The Morgan fingerprint density at radius 2 is 1.69 bits per heavy atom. The Hall–Kier alpha value is -1.39. The first-order valence-corrected chi connectivity index (χ1v) is 10.3. The van der Waals surface area contributed by atoms with Gasteiger partial charge < -0.3 is 10.1 Å². The minimum atomic E-state index is -0.225. The molecule has 0 amide bonds. The molecule has 0 radical (unpaired) electrons. The molecule has 0 aromatic heterocycles. The number of unbranched alkanes of at least 4 members (excludes halogenated alkanes) is 5. The van der Waals surface area contributed by atoms with Gasteiger partial charge in [0.2, 0.25) is 0 Å². The second-order valence-corrected chi connectivity index (χ2v) is 7.53. The van der Waals surface area contributed by atoms with Crippen LogP contribution in [0.5, 0.6) is 5.75 Å². The fourth-order valence-electron chi connectivity index (χ4n) is 2.82. The van der Waals surface area contributed by atoms with E-state index < -0.39 is 0 Å². The quantitative estimate of drug-likeness (QED) is 0.388. The van der Waals surface area contributed by atoms with Crippen molar-refractivity contribution in [3.63, 3.8) is 0 Å². The molecule has 2 nitrogen and oxygen atoms in total. The molecule has 2 rings (SSSR count). The van der Waals surface area contributed by atoms with Gasteiger partial charge in [-0.2, -0.15) is 0 Å². The number of rotatable bonds is 12. The van der Waals surface area contributed by atoms with Crippen molar-refractivity contribution in [3.8, 4) is 5.75 Å². The predicted octanol–water partition coefficient (Wildman–Crippen LogP) is 6.62. The largest absolute Gasteiger partial charge is 0.489 e. The molecule has 0 bridgehead atoms. The van der Waals surface area contributed by atoms with Crippen LogP contribution < -0.4 is 10.1 Å². The maximum absolute atomic E-state index is 13.0. The molecule has 0 saturated heterocycles. The molecule has 0 atom stereocenters. The second-order valence-electron chi connectivity index (χ2n) is 6.61. The lowest BCUT2D eigenvalue weighted by molar-refractivity contribution is 0.302. The molecule has 0 saturated carbocycles. The molecule has 142 valence electrons. The van der Waals surface area contributed by atoms with Crippen LogP contribution in [0.25, 0.3) is 0 Å². The summed E-state index contributed by atoms with van der Waals surface area (Å²) in [6, 6.07) is 12.5. The van der Waals surface area contributed by atoms with E-state index in [0.29, 0.717) is 6.61 Å². The Kier molecular flexibility index (Phi) is 9.72. The Morgan fingerprint density at radius 3 is 2.46 bits per heavy atom. The van der Waals surface area contributed by atoms with Crippen LogP contribution in [0.3, 0.4) is 0 Å². The van der Waals surface area contributed by atoms with Gasteiger partial charge in [-0.1, -0.05) is 67.1 Å². The average molecular weight is 422 g/mol. The van der Waals surface area contributed by atoms with E-state index in [0.717, 1.165) is 34.4 Å². The van der Waals surface area contributed by atoms with Crippen LogP contribution in [-0.2, 0) is 13.2 Å². The molecule has 0 heterocycles. The molecule has 0 aliphatic rings. The summed E-state index contributed by atoms with van der Waals surface area (Å²) in [5.41, 5.74) is 2.09. The summed E-state index contributed by atoms with van der Waals surface area (Å²) < 4.78 is 20.0. The summed E-state index contributed by atoms with van der Waals surface area (Å²) in [7, 11) is 0. The fraction of sp³-hybridized carbons (Fsp3) is 0.455. The van der Waals surface area contributed by atoms with Crippen molar-refractivity contribution < 1.29 is 9.13 Å². The van der Waals surface area contributed by atoms with Gasteiger partial charge in [0.15, 0.2) is 0 Å². The number of hydrogen-bond acceptors (Lipinski definition) is 2. The van der Waals surface area contributed by atoms with Crippen molar-refractivity contribution in [1.29, 1.82) is 0 Å². The highest BCUT2D eigenvalue weighted by Gasteiger charge is 2.05. The van der Waals surface area contributed by atoms with Crippen molar-refractivity contribution in [2.24, 2.45) is 0 Å². The monoisotopic (exact) mass is 421 g/mol. The molecular weight excluding hydrogens is 393 g/mol. The fourth-order valence-corrected chi connectivity index (χ4v) is 3.23. The van der Waals surface area contributed by atoms with Crippen LogP contribution in [-0.4, -0.2) is 6.54 Å². The molecular formula is C22H29BrFNO. The summed E-state index contributed by atoms with van der Waals surface area (Å²) in [5, 5.41) is 3.52. The van der Waals surface area contributed by atoms with Gasteiger partial charge in [0.05, 0.1) is 0 Å². The van der Waals surface area contributed by atoms with E-state index >= 15 is 0 Å². The zero-order valence-corrected chi connectivity index (χ0v) is 17.2. The summed E-state index contributed by atoms with van der Waals surface area (Å²) >= 11 is 3.53. The van der Waals surface area contributed by atoms with Crippen molar-refractivity contribution in [2.45, 2.75) is 58.6 Å². The highest BCUT2D eigenvalue weighted by molar-refractivity contribution is 9.10. The van der Waals surface area contributed by atoms with Crippen molar-refractivity contribution in [2.75, 3.05) is 6.54 Å². The minimum absolute atomic E-state index is 0.225. The summed E-state index contributed by atoms with van der Waals surface area (Å²) in [5.74, 6) is 0.643. The lowest BCUT2D eigenvalue weighted by atomic mass is 10.1. The van der Waals surface area contributed by atoms with E-state index in [-0.39, 0.29) is 5.82 Å². The van der Waals surface area contributed by atoms with Gasteiger partial charge >= 0.3 is 0 Å². The average Bonchev–Trinajstić information content (AvgIpc) is 2.64. The summed E-state index contributed by atoms with van der Waals surface area (Å²) in [4.78, 5) is 0. The smallest absolute Gasteiger partial charge is 0.124 e. The van der Waals surface area contributed by atoms with Crippen molar-refractivity contribution >= 4 is 15.9 Å². The Labute approximate surface area is 165 Å². The first-order valence-electron chi connectivity index (χ1n) is 9.55. The minimum Gasteiger partial charge on any atom is -0.489 e. The molecule has 0 spiro atoms. The molecule has 0 aliphatic carbocycles. The second kappa shape index (κ2) is 12.1. The van der Waals surface area contributed by atoms with Crippen molar-refractivity contribution in [3.05, 3.63) is 63.9 Å². The number of hydrogen-bond donors (Lipinski definition) is 1. The topological polar surface area (TPSA) is 21.3 Å².